The molecule has 0 radical (unpaired) electrons. The molecule has 0 saturated heterocycles. The number of hydrogen-bond acceptors (Lipinski definition) is 3. The Bertz CT molecular complexity index is 524. The summed E-state index contributed by atoms with van der Waals surface area (Å²) in [6, 6.07) is 0. The third kappa shape index (κ3) is 3.21. The topological polar surface area (TPSA) is 66.5 Å². The van der Waals surface area contributed by atoms with Crippen LogP contribution in [0.15, 0.2) is 23.8 Å². The molecule has 0 aromatic rings. The normalized spacial score (nSPS) is 39.8. The van der Waals surface area contributed by atoms with Crippen molar-refractivity contribution in [3.05, 3.63) is 23.8 Å². The summed E-state index contributed by atoms with van der Waals surface area (Å²) < 4.78 is 0. The molecule has 4 aliphatic rings. The molecular weight excluding hydrogens is 322 g/mol. The van der Waals surface area contributed by atoms with Gasteiger partial charge in [-0.1, -0.05) is 44.6 Å². The van der Waals surface area contributed by atoms with Crippen molar-refractivity contribution in [2.45, 2.75) is 84.3 Å². The molecule has 26 heavy (non-hydrogen) atoms. The third-order valence-electron chi connectivity index (χ3n) is 7.74. The van der Waals surface area contributed by atoms with Crippen LogP contribution in [0.1, 0.15) is 78.6 Å². The zero-order valence-corrected chi connectivity index (χ0v) is 17.4. The third-order valence-corrected chi connectivity index (χ3v) is 7.74. The molecule has 0 aliphatic heterocycles. The van der Waals surface area contributed by atoms with Gasteiger partial charge in [-0.25, -0.2) is 0 Å². The van der Waals surface area contributed by atoms with Crippen molar-refractivity contribution in [3.63, 3.8) is 0 Å². The van der Waals surface area contributed by atoms with Crippen molar-refractivity contribution in [2.24, 2.45) is 34.8 Å². The molecule has 0 amide bonds. The molecule has 4 N–H and O–H groups in total. The van der Waals surface area contributed by atoms with Crippen LogP contribution in [-0.4, -0.2) is 23.0 Å². The van der Waals surface area contributed by atoms with Crippen LogP contribution in [0.25, 0.3) is 0 Å². The number of hydrogen-bond donors (Lipinski definition) is 3. The lowest BCUT2D eigenvalue weighted by atomic mass is 9.49. The highest BCUT2D eigenvalue weighted by molar-refractivity contribution is 5.28. The van der Waals surface area contributed by atoms with Crippen LogP contribution in [0.5, 0.6) is 0 Å². The Morgan fingerprint density at radius 2 is 1.88 bits per heavy atom. The van der Waals surface area contributed by atoms with Crippen molar-refractivity contribution in [1.82, 2.24) is 0 Å². The molecule has 4 aliphatic carbocycles. The van der Waals surface area contributed by atoms with Gasteiger partial charge >= 0.3 is 0 Å². The average molecular weight is 364 g/mol. The van der Waals surface area contributed by atoms with Crippen molar-refractivity contribution in [2.75, 3.05) is 7.05 Å². The summed E-state index contributed by atoms with van der Waals surface area (Å²) in [7, 11) is 1.50. The summed E-state index contributed by atoms with van der Waals surface area (Å²) in [6.45, 7) is 10.6. The number of nitrogens with two attached hydrogens (primary N) is 1. The van der Waals surface area contributed by atoms with Crippen LogP contribution in [0.4, 0.5) is 0 Å². The second-order valence-electron chi connectivity index (χ2n) is 8.35. The van der Waals surface area contributed by atoms with Crippen LogP contribution in [0.2, 0.25) is 0 Å². The summed E-state index contributed by atoms with van der Waals surface area (Å²) in [4.78, 5) is 0. The van der Waals surface area contributed by atoms with Gasteiger partial charge < -0.3 is 15.9 Å². The number of allylic oxidation sites excluding steroid dienone is 3. The highest BCUT2D eigenvalue weighted by Gasteiger charge is 2.64. The molecule has 4 rings (SSSR count). The summed E-state index contributed by atoms with van der Waals surface area (Å²) in [5.41, 5.74) is 7.17. The predicted octanol–water partition coefficient (Wildman–Crippen LogP) is 4.79. The van der Waals surface area contributed by atoms with Crippen LogP contribution in [0.3, 0.4) is 0 Å². The van der Waals surface area contributed by atoms with Gasteiger partial charge in [-0.3, -0.25) is 0 Å². The van der Waals surface area contributed by atoms with Gasteiger partial charge in [-0.05, 0) is 82.1 Å². The van der Waals surface area contributed by atoms with Gasteiger partial charge in [-0.15, -0.1) is 0 Å². The van der Waals surface area contributed by atoms with Gasteiger partial charge in [0.1, 0.15) is 0 Å². The minimum atomic E-state index is -1.48. The van der Waals surface area contributed by atoms with Gasteiger partial charge in [0, 0.05) is 11.8 Å². The molecule has 5 unspecified atom stereocenters. The van der Waals surface area contributed by atoms with Gasteiger partial charge in [0.15, 0.2) is 5.79 Å². The molecule has 0 heterocycles. The van der Waals surface area contributed by atoms with E-state index in [2.05, 4.69) is 25.3 Å². The first-order valence-corrected chi connectivity index (χ1v) is 10.9. The lowest BCUT2D eigenvalue weighted by Gasteiger charge is -2.56. The second-order valence-corrected chi connectivity index (χ2v) is 8.35. The summed E-state index contributed by atoms with van der Waals surface area (Å²) in [6.07, 6.45) is 12.1. The van der Waals surface area contributed by atoms with Gasteiger partial charge in [0.05, 0.1) is 0 Å². The van der Waals surface area contributed by atoms with E-state index in [9.17, 15) is 10.2 Å². The Labute approximate surface area is 160 Å². The van der Waals surface area contributed by atoms with Crippen molar-refractivity contribution < 1.29 is 10.2 Å². The molecule has 3 fully saturated rings. The maximum Gasteiger partial charge on any atom is 0.168 e. The molecule has 0 bridgehead atoms. The van der Waals surface area contributed by atoms with E-state index in [0.717, 1.165) is 19.3 Å². The Balaban J connectivity index is 0.000000570. The molecule has 0 aromatic heterocycles. The first-order valence-electron chi connectivity index (χ1n) is 10.9. The minimum Gasteiger partial charge on any atom is -0.365 e. The van der Waals surface area contributed by atoms with Crippen LogP contribution < -0.4 is 5.73 Å². The second kappa shape index (κ2) is 8.58. The molecule has 0 aromatic carbocycles. The highest BCUT2D eigenvalue weighted by atomic mass is 16.5. The average Bonchev–Trinajstić information content (AvgIpc) is 2.95. The lowest BCUT2D eigenvalue weighted by Crippen LogP contribution is -2.54. The first-order chi connectivity index (χ1) is 12.5. The molecule has 150 valence electrons. The first kappa shape index (κ1) is 21.7. The lowest BCUT2D eigenvalue weighted by molar-refractivity contribution is -0.246. The number of aliphatic hydroxyl groups is 2. The molecule has 5 atom stereocenters. The fourth-order valence-electron chi connectivity index (χ4n) is 6.78. The van der Waals surface area contributed by atoms with Gasteiger partial charge in [-0.2, -0.15) is 0 Å². The fourth-order valence-corrected chi connectivity index (χ4v) is 6.78. The van der Waals surface area contributed by atoms with E-state index in [1.807, 2.05) is 13.8 Å². The van der Waals surface area contributed by atoms with E-state index >= 15 is 0 Å². The van der Waals surface area contributed by atoms with E-state index < -0.39 is 5.79 Å². The smallest absolute Gasteiger partial charge is 0.168 e. The largest absolute Gasteiger partial charge is 0.365 e. The summed E-state index contributed by atoms with van der Waals surface area (Å²) in [5.74, 6) is 0.943. The molecule has 3 heteroatoms. The standard InChI is InChI=1S/C20H30O2.C2H6.CH5N/c1-3-19-12-13(2)18-15-7-5-4-6-14(15)8-9-16(18)17(19)10-11-20(19,21)22;2*1-2/h6,15-18,21-22H,2-5,7-12H2,1H3;1-2H3;2H2,1H3. The minimum absolute atomic E-state index is 0.332. The van der Waals surface area contributed by atoms with Crippen LogP contribution >= 0.6 is 0 Å². The molecular formula is C23H41NO2. The van der Waals surface area contributed by atoms with E-state index in [4.69, 9.17) is 0 Å². The fraction of sp³-hybridized carbons (Fsp3) is 0.826. The Kier molecular flexibility index (Phi) is 7.15. The molecule has 0 spiro atoms. The predicted molar refractivity (Wildman–Crippen MR) is 109 cm³/mol. The number of rotatable bonds is 1. The SMILES string of the molecule is C=C1CC2(CC)C(CCC2(O)O)C2CCC3=CCCCC3C12.CC.CN. The van der Waals surface area contributed by atoms with Crippen LogP contribution in [0, 0.1) is 29.1 Å². The molecule has 3 saturated carbocycles. The Morgan fingerprint density at radius 3 is 2.54 bits per heavy atom. The maximum atomic E-state index is 10.7. The quantitative estimate of drug-likeness (QED) is 0.463. The van der Waals surface area contributed by atoms with Gasteiger partial charge in [0.2, 0.25) is 0 Å². The molecule has 3 nitrogen and oxygen atoms in total. The van der Waals surface area contributed by atoms with E-state index in [1.54, 1.807) is 5.57 Å². The zero-order chi connectivity index (χ0) is 19.5. The Hall–Kier alpha value is -0.640. The van der Waals surface area contributed by atoms with Crippen molar-refractivity contribution in [1.29, 1.82) is 0 Å². The number of fused-ring (bicyclic) bond motifs is 5. The van der Waals surface area contributed by atoms with Gasteiger partial charge in [0.25, 0.3) is 0 Å². The van der Waals surface area contributed by atoms with E-state index in [0.29, 0.717) is 30.1 Å². The van der Waals surface area contributed by atoms with Crippen molar-refractivity contribution in [3.8, 4) is 0 Å². The summed E-state index contributed by atoms with van der Waals surface area (Å²) in [5, 5.41) is 21.4. The zero-order valence-electron chi connectivity index (χ0n) is 17.4. The van der Waals surface area contributed by atoms with E-state index in [1.165, 1.54) is 44.7 Å². The highest BCUT2D eigenvalue weighted by Crippen LogP contribution is 2.66. The Morgan fingerprint density at radius 1 is 1.19 bits per heavy atom. The van der Waals surface area contributed by atoms with E-state index in [-0.39, 0.29) is 5.41 Å². The maximum absolute atomic E-state index is 10.7. The summed E-state index contributed by atoms with van der Waals surface area (Å²) >= 11 is 0. The monoisotopic (exact) mass is 363 g/mol. The van der Waals surface area contributed by atoms with Crippen molar-refractivity contribution >= 4 is 0 Å². The van der Waals surface area contributed by atoms with Crippen LogP contribution in [-0.2, 0) is 0 Å².